The van der Waals surface area contributed by atoms with Crippen molar-refractivity contribution in [3.8, 4) is 11.4 Å². The van der Waals surface area contributed by atoms with E-state index in [1.54, 1.807) is 0 Å². The van der Waals surface area contributed by atoms with Gasteiger partial charge in [-0.3, -0.25) is 0 Å². The number of anilines is 2. The van der Waals surface area contributed by atoms with Crippen molar-refractivity contribution in [1.29, 1.82) is 0 Å². The standard InChI is InChI=1S/C25H29N7O2/c1-16-25(28-20-7-3-2-6-19(20)26-16)21-13-23-29-22(31-10-4-5-18(31)15-33)14-24(32(23)30-21)27-17-8-11-34-12-9-17/h2-3,6-7,13-14,17-18,27,33H,4-5,8-12,15H2,1H3/t18-/m0/s1. The molecule has 0 unspecified atom stereocenters. The molecule has 1 aromatic carbocycles. The van der Waals surface area contributed by atoms with Crippen molar-refractivity contribution in [3.05, 3.63) is 42.1 Å². The van der Waals surface area contributed by atoms with Gasteiger partial charge in [-0.15, -0.1) is 0 Å². The first-order chi connectivity index (χ1) is 16.7. The summed E-state index contributed by atoms with van der Waals surface area (Å²) in [7, 11) is 0. The molecule has 4 aromatic rings. The topological polar surface area (TPSA) is 101 Å². The van der Waals surface area contributed by atoms with E-state index in [-0.39, 0.29) is 12.6 Å². The molecule has 9 heteroatoms. The Morgan fingerprint density at radius 1 is 1.06 bits per heavy atom. The van der Waals surface area contributed by atoms with Crippen LogP contribution < -0.4 is 10.2 Å². The second kappa shape index (κ2) is 8.81. The van der Waals surface area contributed by atoms with Gasteiger partial charge in [0.15, 0.2) is 5.65 Å². The van der Waals surface area contributed by atoms with Gasteiger partial charge in [0.1, 0.15) is 23.0 Å². The Morgan fingerprint density at radius 3 is 2.65 bits per heavy atom. The van der Waals surface area contributed by atoms with E-state index in [2.05, 4.69) is 16.3 Å². The summed E-state index contributed by atoms with van der Waals surface area (Å²) >= 11 is 0. The van der Waals surface area contributed by atoms with Gasteiger partial charge in [0.2, 0.25) is 0 Å². The molecule has 176 valence electrons. The summed E-state index contributed by atoms with van der Waals surface area (Å²) < 4.78 is 7.41. The first kappa shape index (κ1) is 21.2. The maximum atomic E-state index is 9.88. The fourth-order valence-corrected chi connectivity index (χ4v) is 5.04. The van der Waals surface area contributed by atoms with Crippen LogP contribution in [0.4, 0.5) is 11.6 Å². The van der Waals surface area contributed by atoms with E-state index < -0.39 is 0 Å². The second-order valence-corrected chi connectivity index (χ2v) is 9.15. The molecule has 3 aromatic heterocycles. The van der Waals surface area contributed by atoms with E-state index in [4.69, 9.17) is 24.8 Å². The monoisotopic (exact) mass is 459 g/mol. The maximum Gasteiger partial charge on any atom is 0.160 e. The Balaban J connectivity index is 1.46. The number of hydrogen-bond acceptors (Lipinski definition) is 8. The third kappa shape index (κ3) is 3.84. The maximum absolute atomic E-state index is 9.88. The van der Waals surface area contributed by atoms with Gasteiger partial charge in [-0.1, -0.05) is 12.1 Å². The first-order valence-corrected chi connectivity index (χ1v) is 12.1. The number of aromatic nitrogens is 5. The van der Waals surface area contributed by atoms with Crippen molar-refractivity contribution in [3.63, 3.8) is 0 Å². The van der Waals surface area contributed by atoms with Crippen LogP contribution in [0, 0.1) is 6.92 Å². The van der Waals surface area contributed by atoms with Crippen molar-refractivity contribution in [1.82, 2.24) is 24.6 Å². The number of rotatable bonds is 5. The quantitative estimate of drug-likeness (QED) is 0.469. The van der Waals surface area contributed by atoms with Crippen LogP contribution in [0.15, 0.2) is 36.4 Å². The zero-order chi connectivity index (χ0) is 23.1. The average molecular weight is 460 g/mol. The molecule has 2 aliphatic heterocycles. The number of aliphatic hydroxyl groups excluding tert-OH is 1. The number of aryl methyl sites for hydroxylation is 1. The molecular weight excluding hydrogens is 430 g/mol. The van der Waals surface area contributed by atoms with Crippen molar-refractivity contribution in [2.24, 2.45) is 0 Å². The molecule has 0 amide bonds. The van der Waals surface area contributed by atoms with E-state index in [1.165, 1.54) is 0 Å². The first-order valence-electron chi connectivity index (χ1n) is 12.1. The number of ether oxygens (including phenoxy) is 1. The normalized spacial score (nSPS) is 19.4. The third-order valence-electron chi connectivity index (χ3n) is 6.86. The van der Waals surface area contributed by atoms with Crippen LogP contribution in [0.3, 0.4) is 0 Å². The zero-order valence-electron chi connectivity index (χ0n) is 19.3. The summed E-state index contributed by atoms with van der Waals surface area (Å²) in [4.78, 5) is 16.8. The van der Waals surface area contributed by atoms with Gasteiger partial charge < -0.3 is 20.1 Å². The SMILES string of the molecule is Cc1nc2ccccc2nc1-c1cc2nc(N3CCC[C@H]3CO)cc(NC3CCOCC3)n2n1. The van der Waals surface area contributed by atoms with Gasteiger partial charge in [0, 0.05) is 37.9 Å². The predicted molar refractivity (Wildman–Crippen MR) is 131 cm³/mol. The van der Waals surface area contributed by atoms with Gasteiger partial charge >= 0.3 is 0 Å². The molecule has 0 radical (unpaired) electrons. The fourth-order valence-electron chi connectivity index (χ4n) is 5.04. The lowest BCUT2D eigenvalue weighted by Crippen LogP contribution is -2.33. The van der Waals surface area contributed by atoms with Crippen molar-refractivity contribution in [2.75, 3.05) is 36.6 Å². The molecule has 34 heavy (non-hydrogen) atoms. The third-order valence-corrected chi connectivity index (χ3v) is 6.86. The number of hydrogen-bond donors (Lipinski definition) is 2. The van der Waals surface area contributed by atoms with Gasteiger partial charge in [0.05, 0.1) is 29.4 Å². The molecule has 0 spiro atoms. The highest BCUT2D eigenvalue weighted by molar-refractivity contribution is 5.78. The van der Waals surface area contributed by atoms with Crippen LogP contribution in [0.25, 0.3) is 28.1 Å². The molecule has 5 heterocycles. The van der Waals surface area contributed by atoms with E-state index in [0.29, 0.717) is 6.04 Å². The highest BCUT2D eigenvalue weighted by Crippen LogP contribution is 2.30. The van der Waals surface area contributed by atoms with Gasteiger partial charge in [0.25, 0.3) is 0 Å². The number of nitrogens with zero attached hydrogens (tertiary/aromatic N) is 6. The lowest BCUT2D eigenvalue weighted by atomic mass is 10.1. The summed E-state index contributed by atoms with van der Waals surface area (Å²) in [5.74, 6) is 1.76. The van der Waals surface area contributed by atoms with Crippen LogP contribution >= 0.6 is 0 Å². The molecule has 0 bridgehead atoms. The summed E-state index contributed by atoms with van der Waals surface area (Å²) in [6, 6.07) is 12.3. The van der Waals surface area contributed by atoms with Crippen LogP contribution in [0.2, 0.25) is 0 Å². The fraction of sp³-hybridized carbons (Fsp3) is 0.440. The average Bonchev–Trinajstić information content (AvgIpc) is 3.51. The highest BCUT2D eigenvalue weighted by Gasteiger charge is 2.27. The summed E-state index contributed by atoms with van der Waals surface area (Å²) in [6.07, 6.45) is 3.93. The summed E-state index contributed by atoms with van der Waals surface area (Å²) in [5, 5.41) is 18.5. The smallest absolute Gasteiger partial charge is 0.160 e. The molecule has 0 saturated carbocycles. The van der Waals surface area contributed by atoms with Crippen LogP contribution in [0.5, 0.6) is 0 Å². The van der Waals surface area contributed by atoms with E-state index in [1.807, 2.05) is 41.8 Å². The minimum atomic E-state index is 0.0990. The number of benzene rings is 1. The molecule has 0 aliphatic carbocycles. The minimum absolute atomic E-state index is 0.0990. The Bertz CT molecular complexity index is 1330. The molecule has 9 nitrogen and oxygen atoms in total. The predicted octanol–water partition coefficient (Wildman–Crippen LogP) is 3.20. The van der Waals surface area contributed by atoms with Crippen molar-refractivity contribution < 1.29 is 9.84 Å². The number of nitrogens with one attached hydrogen (secondary N) is 1. The largest absolute Gasteiger partial charge is 0.394 e. The lowest BCUT2D eigenvalue weighted by molar-refractivity contribution is 0.0903. The van der Waals surface area contributed by atoms with Gasteiger partial charge in [-0.2, -0.15) is 9.61 Å². The second-order valence-electron chi connectivity index (χ2n) is 9.15. The van der Waals surface area contributed by atoms with Crippen LogP contribution in [0.1, 0.15) is 31.4 Å². The Labute approximate surface area is 197 Å². The van der Waals surface area contributed by atoms with E-state index >= 15 is 0 Å². The van der Waals surface area contributed by atoms with Crippen LogP contribution in [-0.2, 0) is 4.74 Å². The van der Waals surface area contributed by atoms with Crippen molar-refractivity contribution >= 4 is 28.3 Å². The lowest BCUT2D eigenvalue weighted by Gasteiger charge is -2.27. The Hall–Kier alpha value is -3.30. The molecule has 2 fully saturated rings. The number of para-hydroxylation sites is 2. The minimum Gasteiger partial charge on any atom is -0.394 e. The number of fused-ring (bicyclic) bond motifs is 2. The summed E-state index contributed by atoms with van der Waals surface area (Å²) in [5.41, 5.74) is 4.81. The molecule has 1 atom stereocenters. The molecule has 2 saturated heterocycles. The molecule has 2 aliphatic rings. The molecule has 6 rings (SSSR count). The zero-order valence-corrected chi connectivity index (χ0v) is 19.3. The molecule has 2 N–H and O–H groups in total. The number of aliphatic hydroxyl groups is 1. The highest BCUT2D eigenvalue weighted by atomic mass is 16.5. The van der Waals surface area contributed by atoms with Gasteiger partial charge in [-0.25, -0.2) is 15.0 Å². The molecular formula is C25H29N7O2. The van der Waals surface area contributed by atoms with Gasteiger partial charge in [-0.05, 0) is 44.7 Å². The summed E-state index contributed by atoms with van der Waals surface area (Å²) in [6.45, 7) is 4.50. The van der Waals surface area contributed by atoms with E-state index in [0.717, 1.165) is 90.8 Å². The van der Waals surface area contributed by atoms with E-state index in [9.17, 15) is 5.11 Å². The van der Waals surface area contributed by atoms with Crippen molar-refractivity contribution in [2.45, 2.75) is 44.7 Å². The van der Waals surface area contributed by atoms with Crippen LogP contribution in [-0.4, -0.2) is 68.1 Å². The Kier molecular flexibility index (Phi) is 5.50. The Morgan fingerprint density at radius 2 is 1.85 bits per heavy atom.